The molecular weight excluding hydrogens is 397 g/mol. The van der Waals surface area contributed by atoms with Crippen molar-refractivity contribution in [1.82, 2.24) is 10.9 Å². The second-order valence-corrected chi connectivity index (χ2v) is 7.37. The second-order valence-electron chi connectivity index (χ2n) is 7.37. The highest BCUT2D eigenvalue weighted by Crippen LogP contribution is 2.47. The molecule has 1 fully saturated rings. The fourth-order valence-corrected chi connectivity index (χ4v) is 3.59. The Morgan fingerprint density at radius 3 is 2.47 bits per heavy atom. The van der Waals surface area contributed by atoms with Crippen molar-refractivity contribution in [2.75, 3.05) is 13.7 Å². The normalized spacial score (nSPS) is 21.3. The quantitative estimate of drug-likeness (QED) is 0.594. The summed E-state index contributed by atoms with van der Waals surface area (Å²) in [5.41, 5.74) is 6.89. The minimum absolute atomic E-state index is 0.147. The highest BCUT2D eigenvalue weighted by atomic mass is 19.4. The zero-order valence-corrected chi connectivity index (χ0v) is 17.0. The smallest absolute Gasteiger partial charge is 0.405 e. The fraction of sp³-hybridized carbons (Fsp3) is 0.364. The Morgan fingerprint density at radius 2 is 1.83 bits per heavy atom. The maximum absolute atomic E-state index is 13.8. The zero-order valence-electron chi connectivity index (χ0n) is 17.0. The molecule has 0 radical (unpaired) electrons. The predicted octanol–water partition coefficient (Wildman–Crippen LogP) is 4.61. The molecular formula is C22H25F3N2O3. The standard InChI is InChI=1S/C22H25F3N2O3/c1-13(2)10-11-30-14-8-9-15(17(28)12-14)20-19(21(27-26-20)22(23,24)25)16-6-4-5-7-18(16)29-3/h4-10,12,19-21,26-28H,11H2,1-3H3. The van der Waals surface area contributed by atoms with Gasteiger partial charge in [-0.3, -0.25) is 0 Å². The molecule has 1 heterocycles. The number of halogens is 3. The number of aromatic hydroxyl groups is 1. The Hall–Kier alpha value is -2.71. The summed E-state index contributed by atoms with van der Waals surface area (Å²) >= 11 is 0. The lowest BCUT2D eigenvalue weighted by molar-refractivity contribution is -0.156. The summed E-state index contributed by atoms with van der Waals surface area (Å²) in [5, 5.41) is 10.6. The van der Waals surface area contributed by atoms with E-state index in [1.165, 1.54) is 13.2 Å². The number of phenolic OH excluding ortho intramolecular Hbond substituents is 1. The lowest BCUT2D eigenvalue weighted by Gasteiger charge is -2.27. The number of benzene rings is 2. The molecule has 0 saturated carbocycles. The zero-order chi connectivity index (χ0) is 21.9. The minimum Gasteiger partial charge on any atom is -0.507 e. The largest absolute Gasteiger partial charge is 0.507 e. The van der Waals surface area contributed by atoms with Gasteiger partial charge in [0.15, 0.2) is 0 Å². The molecule has 1 aliphatic heterocycles. The van der Waals surface area contributed by atoms with E-state index in [2.05, 4.69) is 10.9 Å². The van der Waals surface area contributed by atoms with Gasteiger partial charge in [-0.1, -0.05) is 29.8 Å². The van der Waals surface area contributed by atoms with Crippen molar-refractivity contribution >= 4 is 0 Å². The van der Waals surface area contributed by atoms with E-state index in [1.54, 1.807) is 36.4 Å². The summed E-state index contributed by atoms with van der Waals surface area (Å²) < 4.78 is 52.1. The van der Waals surface area contributed by atoms with Crippen LogP contribution in [0.4, 0.5) is 13.2 Å². The van der Waals surface area contributed by atoms with Crippen LogP contribution in [0.2, 0.25) is 0 Å². The Balaban J connectivity index is 1.96. The van der Waals surface area contributed by atoms with Crippen LogP contribution in [0.15, 0.2) is 54.1 Å². The number of hydrogen-bond donors (Lipinski definition) is 3. The number of ether oxygens (including phenoxy) is 2. The van der Waals surface area contributed by atoms with Gasteiger partial charge >= 0.3 is 6.18 Å². The van der Waals surface area contributed by atoms with Crippen molar-refractivity contribution in [3.63, 3.8) is 0 Å². The van der Waals surface area contributed by atoms with E-state index in [9.17, 15) is 18.3 Å². The van der Waals surface area contributed by atoms with Gasteiger partial charge in [0.1, 0.15) is 29.9 Å². The SMILES string of the molecule is COc1ccccc1C1C(c2ccc(OCC=C(C)C)cc2O)NNC1C(F)(F)F. The van der Waals surface area contributed by atoms with E-state index in [-0.39, 0.29) is 5.75 Å². The summed E-state index contributed by atoms with van der Waals surface area (Å²) in [6.07, 6.45) is -2.62. The van der Waals surface area contributed by atoms with Crippen LogP contribution in [0.5, 0.6) is 17.2 Å². The van der Waals surface area contributed by atoms with Gasteiger partial charge in [-0.25, -0.2) is 10.9 Å². The number of alkyl halides is 3. The third-order valence-corrected chi connectivity index (χ3v) is 5.04. The van der Waals surface area contributed by atoms with Crippen molar-refractivity contribution in [2.24, 2.45) is 0 Å². The molecule has 3 unspecified atom stereocenters. The Kier molecular flexibility index (Phi) is 6.58. The van der Waals surface area contributed by atoms with Crippen LogP contribution in [0.1, 0.15) is 36.9 Å². The summed E-state index contributed by atoms with van der Waals surface area (Å²) in [7, 11) is 1.42. The van der Waals surface area contributed by atoms with Crippen LogP contribution in [0.25, 0.3) is 0 Å². The molecule has 162 valence electrons. The third-order valence-electron chi connectivity index (χ3n) is 5.04. The topological polar surface area (TPSA) is 62.8 Å². The van der Waals surface area contributed by atoms with Crippen molar-refractivity contribution in [2.45, 2.75) is 38.0 Å². The molecule has 3 atom stereocenters. The Bertz CT molecular complexity index is 911. The van der Waals surface area contributed by atoms with E-state index >= 15 is 0 Å². The maximum Gasteiger partial charge on any atom is 0.405 e. The number of hydrogen-bond acceptors (Lipinski definition) is 5. The molecule has 30 heavy (non-hydrogen) atoms. The molecule has 0 amide bonds. The average Bonchev–Trinajstić information content (AvgIpc) is 3.13. The molecule has 3 rings (SSSR count). The fourth-order valence-electron chi connectivity index (χ4n) is 3.59. The minimum atomic E-state index is -4.50. The van der Waals surface area contributed by atoms with E-state index in [0.29, 0.717) is 29.2 Å². The van der Waals surface area contributed by atoms with Gasteiger partial charge in [0, 0.05) is 23.1 Å². The molecule has 0 aromatic heterocycles. The van der Waals surface area contributed by atoms with Gasteiger partial charge in [-0.15, -0.1) is 0 Å². The van der Waals surface area contributed by atoms with Crippen molar-refractivity contribution in [3.05, 3.63) is 65.2 Å². The van der Waals surface area contributed by atoms with Crippen LogP contribution in [0, 0.1) is 0 Å². The van der Waals surface area contributed by atoms with Gasteiger partial charge in [-0.05, 0) is 32.1 Å². The van der Waals surface area contributed by atoms with Crippen LogP contribution in [-0.2, 0) is 0 Å². The van der Waals surface area contributed by atoms with Crippen LogP contribution >= 0.6 is 0 Å². The number of methoxy groups -OCH3 is 1. The molecule has 8 heteroatoms. The summed E-state index contributed by atoms with van der Waals surface area (Å²) in [6, 6.07) is 8.54. The van der Waals surface area contributed by atoms with Gasteiger partial charge in [0.2, 0.25) is 0 Å². The molecule has 0 bridgehead atoms. The molecule has 1 aliphatic rings. The number of nitrogens with one attached hydrogen (secondary N) is 2. The second kappa shape index (κ2) is 8.97. The van der Waals surface area contributed by atoms with Crippen molar-refractivity contribution in [3.8, 4) is 17.2 Å². The molecule has 5 nitrogen and oxygen atoms in total. The molecule has 3 N–H and O–H groups in total. The van der Waals surface area contributed by atoms with Crippen molar-refractivity contribution in [1.29, 1.82) is 0 Å². The number of allylic oxidation sites excluding steroid dienone is 1. The average molecular weight is 422 g/mol. The Labute approximate surface area is 173 Å². The highest BCUT2D eigenvalue weighted by molar-refractivity contribution is 5.47. The van der Waals surface area contributed by atoms with Gasteiger partial charge < -0.3 is 14.6 Å². The summed E-state index contributed by atoms with van der Waals surface area (Å²) in [4.78, 5) is 0. The number of para-hydroxylation sites is 1. The van der Waals surface area contributed by atoms with Crippen LogP contribution < -0.4 is 20.3 Å². The van der Waals surface area contributed by atoms with E-state index in [4.69, 9.17) is 9.47 Å². The molecule has 0 aliphatic carbocycles. The van der Waals surface area contributed by atoms with Gasteiger partial charge in [0.05, 0.1) is 13.2 Å². The molecule has 2 aromatic carbocycles. The van der Waals surface area contributed by atoms with Crippen LogP contribution in [0.3, 0.4) is 0 Å². The first-order valence-electron chi connectivity index (χ1n) is 9.52. The van der Waals surface area contributed by atoms with E-state index in [0.717, 1.165) is 5.57 Å². The first-order valence-corrected chi connectivity index (χ1v) is 9.52. The summed E-state index contributed by atoms with van der Waals surface area (Å²) in [5.74, 6) is -0.412. The first kappa shape index (κ1) is 22.0. The number of phenols is 1. The Morgan fingerprint density at radius 1 is 1.10 bits per heavy atom. The molecule has 2 aromatic rings. The van der Waals surface area contributed by atoms with E-state index in [1.807, 2.05) is 19.9 Å². The van der Waals surface area contributed by atoms with Crippen molar-refractivity contribution < 1.29 is 27.8 Å². The number of hydrazine groups is 1. The van der Waals surface area contributed by atoms with Gasteiger partial charge in [-0.2, -0.15) is 13.2 Å². The first-order chi connectivity index (χ1) is 14.2. The number of rotatable bonds is 6. The van der Waals surface area contributed by atoms with E-state index < -0.39 is 24.2 Å². The third kappa shape index (κ3) is 4.71. The molecule has 1 saturated heterocycles. The monoisotopic (exact) mass is 422 g/mol. The van der Waals surface area contributed by atoms with Crippen LogP contribution in [-0.4, -0.2) is 31.0 Å². The lowest BCUT2D eigenvalue weighted by atomic mass is 9.82. The predicted molar refractivity (Wildman–Crippen MR) is 108 cm³/mol. The lowest BCUT2D eigenvalue weighted by Crippen LogP contribution is -2.43. The maximum atomic E-state index is 13.8. The summed E-state index contributed by atoms with van der Waals surface area (Å²) in [6.45, 7) is 4.22. The van der Waals surface area contributed by atoms with Gasteiger partial charge in [0.25, 0.3) is 0 Å². The highest BCUT2D eigenvalue weighted by Gasteiger charge is 2.53. The molecule has 0 spiro atoms.